The average Bonchev–Trinajstić information content (AvgIpc) is 3.43. The molecule has 0 radical (unpaired) electrons. The minimum atomic E-state index is -0.190. The van der Waals surface area contributed by atoms with Crippen LogP contribution in [-0.4, -0.2) is 64.6 Å². The molecular weight excluding hydrogens is 378 g/mol. The van der Waals surface area contributed by atoms with E-state index in [0.29, 0.717) is 32.0 Å². The molecule has 160 valence electrons. The number of amides is 3. The topological polar surface area (TPSA) is 60.9 Å². The van der Waals surface area contributed by atoms with Gasteiger partial charge in [-0.05, 0) is 37.7 Å². The number of piperidine rings is 1. The summed E-state index contributed by atoms with van der Waals surface area (Å²) >= 11 is 0. The lowest BCUT2D eigenvalue weighted by atomic mass is 9.65. The average molecular weight is 410 g/mol. The highest BCUT2D eigenvalue weighted by molar-refractivity contribution is 5.91. The van der Waals surface area contributed by atoms with Crippen LogP contribution in [0.2, 0.25) is 0 Å². The maximum absolute atomic E-state index is 13.4. The number of carbonyl (C=O) groups excluding carboxylic acids is 3. The molecule has 6 nitrogen and oxygen atoms in total. The zero-order chi connectivity index (χ0) is 20.7. The lowest BCUT2D eigenvalue weighted by molar-refractivity contribution is -0.181. The van der Waals surface area contributed by atoms with Crippen LogP contribution in [0, 0.1) is 5.41 Å². The summed E-state index contributed by atoms with van der Waals surface area (Å²) in [6.07, 6.45) is 7.36. The van der Waals surface area contributed by atoms with E-state index in [-0.39, 0.29) is 35.9 Å². The van der Waals surface area contributed by atoms with Crippen molar-refractivity contribution >= 4 is 17.7 Å². The first-order chi connectivity index (χ1) is 14.6. The number of carbonyl (C=O) groups is 3. The first-order valence-corrected chi connectivity index (χ1v) is 11.5. The number of β-lactam (4-membered cyclic amide) rings is 1. The van der Waals surface area contributed by atoms with E-state index in [1.165, 1.54) is 5.56 Å². The van der Waals surface area contributed by atoms with Crippen LogP contribution in [0.1, 0.15) is 63.0 Å². The Labute approximate surface area is 178 Å². The normalized spacial score (nSPS) is 26.5. The molecule has 1 aliphatic carbocycles. The van der Waals surface area contributed by atoms with Gasteiger partial charge in [0.25, 0.3) is 0 Å². The second-order valence-electron chi connectivity index (χ2n) is 9.42. The van der Waals surface area contributed by atoms with Crippen molar-refractivity contribution in [3.63, 3.8) is 0 Å². The molecule has 1 saturated carbocycles. The van der Waals surface area contributed by atoms with Crippen molar-refractivity contribution in [2.75, 3.05) is 26.2 Å². The molecule has 4 fully saturated rings. The molecule has 1 spiro atoms. The Morgan fingerprint density at radius 1 is 0.967 bits per heavy atom. The number of rotatable bonds is 4. The van der Waals surface area contributed by atoms with Crippen LogP contribution in [0.5, 0.6) is 0 Å². The molecule has 0 aromatic heterocycles. The Morgan fingerprint density at radius 3 is 2.30 bits per heavy atom. The van der Waals surface area contributed by atoms with E-state index in [4.69, 9.17) is 0 Å². The van der Waals surface area contributed by atoms with Gasteiger partial charge in [0.15, 0.2) is 0 Å². The summed E-state index contributed by atoms with van der Waals surface area (Å²) in [5.41, 5.74) is 1.06. The Hall–Kier alpha value is -2.37. The zero-order valence-electron chi connectivity index (χ0n) is 17.6. The number of nitrogens with zero attached hydrogens (tertiary/aromatic N) is 3. The first kappa shape index (κ1) is 19.6. The molecule has 3 heterocycles. The highest BCUT2D eigenvalue weighted by Crippen LogP contribution is 2.60. The van der Waals surface area contributed by atoms with Gasteiger partial charge in [-0.3, -0.25) is 14.4 Å². The van der Waals surface area contributed by atoms with Crippen LogP contribution in [0.3, 0.4) is 0 Å². The first-order valence-electron chi connectivity index (χ1n) is 11.5. The van der Waals surface area contributed by atoms with Gasteiger partial charge in [0.2, 0.25) is 17.7 Å². The molecule has 0 bridgehead atoms. The van der Waals surface area contributed by atoms with Gasteiger partial charge >= 0.3 is 0 Å². The zero-order valence-corrected chi connectivity index (χ0v) is 17.6. The van der Waals surface area contributed by atoms with Crippen LogP contribution in [-0.2, 0) is 14.4 Å². The maximum Gasteiger partial charge on any atom is 0.242 e. The minimum Gasteiger partial charge on any atom is -0.341 e. The Bertz CT molecular complexity index is 825. The molecule has 1 atom stereocenters. The molecule has 5 rings (SSSR count). The molecule has 4 aliphatic rings. The highest BCUT2D eigenvalue weighted by atomic mass is 16.2. The predicted octanol–water partition coefficient (Wildman–Crippen LogP) is 2.74. The molecule has 0 N–H and O–H groups in total. The Kier molecular flexibility index (Phi) is 5.03. The fourth-order valence-corrected chi connectivity index (χ4v) is 6.20. The third-order valence-electron chi connectivity index (χ3n) is 7.78. The van der Waals surface area contributed by atoms with Gasteiger partial charge in [0.1, 0.15) is 0 Å². The van der Waals surface area contributed by atoms with Crippen molar-refractivity contribution in [3.05, 3.63) is 35.9 Å². The van der Waals surface area contributed by atoms with Crippen LogP contribution < -0.4 is 0 Å². The van der Waals surface area contributed by atoms with Gasteiger partial charge in [-0.1, -0.05) is 43.2 Å². The van der Waals surface area contributed by atoms with E-state index in [1.807, 2.05) is 11.0 Å². The summed E-state index contributed by atoms with van der Waals surface area (Å²) in [6, 6.07) is 10.9. The summed E-state index contributed by atoms with van der Waals surface area (Å²) in [5, 5.41) is 0. The molecule has 1 aromatic rings. The largest absolute Gasteiger partial charge is 0.341 e. The number of hydrogen-bond acceptors (Lipinski definition) is 3. The van der Waals surface area contributed by atoms with Crippen molar-refractivity contribution < 1.29 is 14.4 Å². The molecule has 3 amide bonds. The predicted molar refractivity (Wildman–Crippen MR) is 112 cm³/mol. The summed E-state index contributed by atoms with van der Waals surface area (Å²) < 4.78 is 0. The summed E-state index contributed by atoms with van der Waals surface area (Å²) in [7, 11) is 0. The van der Waals surface area contributed by atoms with E-state index < -0.39 is 0 Å². The van der Waals surface area contributed by atoms with E-state index >= 15 is 0 Å². The standard InChI is InChI=1S/C24H31N3O3/c28-20-9-6-14-26(20)17-21(29)25-15-10-19(11-16-25)27-22(18-7-2-1-3-8-18)24(23(27)30)12-4-5-13-24/h1-3,7-8,19,22H,4-6,9-17H2. The van der Waals surface area contributed by atoms with E-state index in [0.717, 1.165) is 44.9 Å². The van der Waals surface area contributed by atoms with Crippen molar-refractivity contribution in [1.82, 2.24) is 14.7 Å². The summed E-state index contributed by atoms with van der Waals surface area (Å²) in [5.74, 6) is 0.476. The lowest BCUT2D eigenvalue weighted by Crippen LogP contribution is -2.66. The SMILES string of the molecule is O=C(CN1CCCC1=O)N1CCC(N2C(=O)C3(CCCC3)C2c2ccccc2)CC1. The third-order valence-corrected chi connectivity index (χ3v) is 7.78. The molecule has 1 unspecified atom stereocenters. The van der Waals surface area contributed by atoms with Crippen LogP contribution in [0.4, 0.5) is 0 Å². The van der Waals surface area contributed by atoms with Gasteiger partial charge in [-0.25, -0.2) is 0 Å². The number of hydrogen-bond donors (Lipinski definition) is 0. The molecule has 3 saturated heterocycles. The van der Waals surface area contributed by atoms with Gasteiger partial charge in [-0.2, -0.15) is 0 Å². The minimum absolute atomic E-state index is 0.0468. The van der Waals surface area contributed by atoms with Crippen LogP contribution in [0.25, 0.3) is 0 Å². The quantitative estimate of drug-likeness (QED) is 0.719. The van der Waals surface area contributed by atoms with Crippen molar-refractivity contribution in [1.29, 1.82) is 0 Å². The van der Waals surface area contributed by atoms with Crippen molar-refractivity contribution in [2.24, 2.45) is 5.41 Å². The smallest absolute Gasteiger partial charge is 0.242 e. The fraction of sp³-hybridized carbons (Fsp3) is 0.625. The highest BCUT2D eigenvalue weighted by Gasteiger charge is 2.63. The van der Waals surface area contributed by atoms with Crippen molar-refractivity contribution in [3.8, 4) is 0 Å². The van der Waals surface area contributed by atoms with Gasteiger partial charge in [0.05, 0.1) is 18.0 Å². The third kappa shape index (κ3) is 3.12. The number of likely N-dealkylation sites (tertiary alicyclic amines) is 3. The number of benzene rings is 1. The molecule has 1 aromatic carbocycles. The van der Waals surface area contributed by atoms with Gasteiger partial charge in [-0.15, -0.1) is 0 Å². The van der Waals surface area contributed by atoms with E-state index in [9.17, 15) is 14.4 Å². The van der Waals surface area contributed by atoms with Crippen LogP contribution >= 0.6 is 0 Å². The Morgan fingerprint density at radius 2 is 1.67 bits per heavy atom. The molecular formula is C24H31N3O3. The summed E-state index contributed by atoms with van der Waals surface area (Å²) in [6.45, 7) is 2.25. The van der Waals surface area contributed by atoms with Crippen molar-refractivity contribution in [2.45, 2.75) is 63.5 Å². The second kappa shape index (κ2) is 7.71. The van der Waals surface area contributed by atoms with Crippen LogP contribution in [0.15, 0.2) is 30.3 Å². The van der Waals surface area contributed by atoms with E-state index in [1.54, 1.807) is 4.90 Å². The molecule has 30 heavy (non-hydrogen) atoms. The monoisotopic (exact) mass is 409 g/mol. The summed E-state index contributed by atoms with van der Waals surface area (Å²) in [4.78, 5) is 43.6. The van der Waals surface area contributed by atoms with Gasteiger partial charge < -0.3 is 14.7 Å². The Balaban J connectivity index is 1.25. The van der Waals surface area contributed by atoms with Gasteiger partial charge in [0, 0.05) is 32.1 Å². The second-order valence-corrected chi connectivity index (χ2v) is 9.42. The maximum atomic E-state index is 13.4. The molecule has 6 heteroatoms. The van der Waals surface area contributed by atoms with E-state index in [2.05, 4.69) is 29.2 Å². The lowest BCUT2D eigenvalue weighted by Gasteiger charge is -2.59. The molecule has 3 aliphatic heterocycles. The fourth-order valence-electron chi connectivity index (χ4n) is 6.20.